The average Bonchev–Trinajstić information content (AvgIpc) is 3.15. The number of aromatic nitrogens is 2. The second-order valence-corrected chi connectivity index (χ2v) is 10.3. The second kappa shape index (κ2) is 11.6. The Bertz CT molecular complexity index is 1040. The maximum Gasteiger partial charge on any atom is 0.410 e. The van der Waals surface area contributed by atoms with Gasteiger partial charge in [-0.15, -0.1) is 23.1 Å². The van der Waals surface area contributed by atoms with Crippen molar-refractivity contribution in [1.82, 2.24) is 19.2 Å². The molecule has 1 saturated heterocycles. The number of alkyl halides is 3. The van der Waals surface area contributed by atoms with Crippen molar-refractivity contribution in [3.63, 3.8) is 0 Å². The molecule has 1 unspecified atom stereocenters. The van der Waals surface area contributed by atoms with Crippen LogP contribution in [0, 0.1) is 13.8 Å². The molecule has 2 aromatic rings. The van der Waals surface area contributed by atoms with Gasteiger partial charge >= 0.3 is 6.18 Å². The van der Waals surface area contributed by atoms with Gasteiger partial charge in [-0.1, -0.05) is 11.9 Å². The number of aryl methyl sites for hydroxylation is 2. The largest absolute Gasteiger partial charge is 0.410 e. The zero-order valence-electron chi connectivity index (χ0n) is 18.9. The zero-order chi connectivity index (χ0) is 24.9. The van der Waals surface area contributed by atoms with Crippen molar-refractivity contribution in [1.29, 1.82) is 0 Å². The molecule has 0 bridgehead atoms. The van der Waals surface area contributed by atoms with Crippen LogP contribution >= 0.6 is 35.0 Å². The van der Waals surface area contributed by atoms with E-state index in [1.807, 2.05) is 19.3 Å². The third kappa shape index (κ3) is 6.52. The fourth-order valence-electron chi connectivity index (χ4n) is 3.41. The highest BCUT2D eigenvalue weighted by atomic mass is 32.2. The van der Waals surface area contributed by atoms with E-state index < -0.39 is 18.1 Å². The summed E-state index contributed by atoms with van der Waals surface area (Å²) in [6, 6.07) is 1.23. The molecular weight excluding hydrogens is 505 g/mol. The first-order chi connectivity index (χ1) is 16.1. The highest BCUT2D eigenvalue weighted by Crippen LogP contribution is 2.31. The van der Waals surface area contributed by atoms with Gasteiger partial charge in [0.2, 0.25) is 0 Å². The maximum atomic E-state index is 13.6. The minimum atomic E-state index is -4.50. The Labute approximate surface area is 209 Å². The van der Waals surface area contributed by atoms with Crippen LogP contribution in [-0.4, -0.2) is 75.8 Å². The SMILES string of the molecule is C=N/C(=C\SCNc1ccc(C(=O)N2CCN(SC)CC2C(F)(F)F)cn1)c1sc(C)nc1C. The van der Waals surface area contributed by atoms with Crippen molar-refractivity contribution in [3.8, 4) is 0 Å². The topological polar surface area (TPSA) is 73.7 Å². The molecule has 1 atom stereocenters. The van der Waals surface area contributed by atoms with Crippen LogP contribution in [0.1, 0.15) is 25.9 Å². The van der Waals surface area contributed by atoms with Crippen LogP contribution in [-0.2, 0) is 0 Å². The van der Waals surface area contributed by atoms with Crippen LogP contribution in [0.25, 0.3) is 5.70 Å². The van der Waals surface area contributed by atoms with Crippen LogP contribution in [0.5, 0.6) is 0 Å². The van der Waals surface area contributed by atoms with E-state index >= 15 is 0 Å². The summed E-state index contributed by atoms with van der Waals surface area (Å²) in [5.74, 6) is 0.314. The molecule has 3 rings (SSSR count). The number of thioether (sulfide) groups is 1. The molecule has 13 heteroatoms. The Morgan fingerprint density at radius 3 is 2.71 bits per heavy atom. The van der Waals surface area contributed by atoms with Gasteiger partial charge in [0.1, 0.15) is 11.9 Å². The molecule has 34 heavy (non-hydrogen) atoms. The van der Waals surface area contributed by atoms with Crippen LogP contribution in [0.15, 0.2) is 28.7 Å². The van der Waals surface area contributed by atoms with E-state index in [4.69, 9.17) is 0 Å². The average molecular weight is 531 g/mol. The number of thiazole rings is 1. The molecule has 0 saturated carbocycles. The number of hydrogen-bond donors (Lipinski definition) is 1. The molecule has 0 spiro atoms. The van der Waals surface area contributed by atoms with Crippen molar-refractivity contribution in [2.75, 3.05) is 37.1 Å². The number of nitrogens with zero attached hydrogens (tertiary/aromatic N) is 5. The molecule has 1 aliphatic heterocycles. The Morgan fingerprint density at radius 1 is 1.38 bits per heavy atom. The Balaban J connectivity index is 1.59. The molecule has 7 nitrogen and oxygen atoms in total. The van der Waals surface area contributed by atoms with Gasteiger partial charge in [-0.05, 0) is 44.4 Å². The summed E-state index contributed by atoms with van der Waals surface area (Å²) in [7, 11) is 0. The number of aliphatic imine (C=N–C) groups is 1. The normalized spacial score (nSPS) is 17.6. The first kappa shape index (κ1) is 26.5. The highest BCUT2D eigenvalue weighted by molar-refractivity contribution is 8.02. The van der Waals surface area contributed by atoms with Crippen molar-refractivity contribution < 1.29 is 18.0 Å². The fourth-order valence-corrected chi connectivity index (χ4v) is 5.60. The summed E-state index contributed by atoms with van der Waals surface area (Å²) >= 11 is 4.26. The van der Waals surface area contributed by atoms with Crippen molar-refractivity contribution in [2.24, 2.45) is 4.99 Å². The third-order valence-corrected chi connectivity index (χ3v) is 7.73. The summed E-state index contributed by atoms with van der Waals surface area (Å²) in [6.45, 7) is 7.61. The zero-order valence-corrected chi connectivity index (χ0v) is 21.4. The van der Waals surface area contributed by atoms with Crippen LogP contribution in [0.3, 0.4) is 0 Å². The lowest BCUT2D eigenvalue weighted by Crippen LogP contribution is -2.59. The van der Waals surface area contributed by atoms with E-state index in [1.165, 1.54) is 36.0 Å². The van der Waals surface area contributed by atoms with Crippen LogP contribution in [0.4, 0.5) is 19.0 Å². The first-order valence-corrected chi connectivity index (χ1v) is 13.3. The van der Waals surface area contributed by atoms with Gasteiger partial charge in [-0.25, -0.2) is 14.3 Å². The van der Waals surface area contributed by atoms with Gasteiger partial charge in [-0.3, -0.25) is 9.79 Å². The van der Waals surface area contributed by atoms with Crippen LogP contribution in [0.2, 0.25) is 0 Å². The molecule has 184 valence electrons. The molecule has 0 aliphatic carbocycles. The summed E-state index contributed by atoms with van der Waals surface area (Å²) < 4.78 is 42.3. The molecule has 1 fully saturated rings. The highest BCUT2D eigenvalue weighted by Gasteiger charge is 2.48. The summed E-state index contributed by atoms with van der Waals surface area (Å²) in [5.41, 5.74) is 1.77. The minimum Gasteiger partial charge on any atom is -0.361 e. The molecule has 0 radical (unpaired) electrons. The van der Waals surface area contributed by atoms with E-state index in [0.717, 1.165) is 26.2 Å². The maximum absolute atomic E-state index is 13.6. The number of pyridine rings is 1. The number of carbonyl (C=O) groups excluding carboxylic acids is 1. The molecule has 1 aliphatic rings. The Morgan fingerprint density at radius 2 is 2.15 bits per heavy atom. The first-order valence-electron chi connectivity index (χ1n) is 10.2. The summed E-state index contributed by atoms with van der Waals surface area (Å²) in [5, 5.41) is 5.94. The van der Waals surface area contributed by atoms with Crippen molar-refractivity contribution in [3.05, 3.63) is 44.9 Å². The number of amides is 1. The number of nitrogens with one attached hydrogen (secondary N) is 1. The van der Waals surface area contributed by atoms with Gasteiger partial charge in [0, 0.05) is 25.8 Å². The molecule has 2 aromatic heterocycles. The van der Waals surface area contributed by atoms with Gasteiger partial charge in [0.15, 0.2) is 0 Å². The van der Waals surface area contributed by atoms with Gasteiger partial charge in [-0.2, -0.15) is 13.2 Å². The Hall–Kier alpha value is -2.09. The van der Waals surface area contributed by atoms with Crippen LogP contribution < -0.4 is 5.32 Å². The van der Waals surface area contributed by atoms with E-state index in [0.29, 0.717) is 18.2 Å². The lowest BCUT2D eigenvalue weighted by Gasteiger charge is -2.41. The molecule has 1 N–H and O–H groups in total. The third-order valence-electron chi connectivity index (χ3n) is 5.09. The number of hydrogen-bond acceptors (Lipinski definition) is 9. The second-order valence-electron chi connectivity index (χ2n) is 7.36. The minimum absolute atomic E-state index is 0.00522. The summed E-state index contributed by atoms with van der Waals surface area (Å²) in [6.07, 6.45) is -1.47. The predicted molar refractivity (Wildman–Crippen MR) is 135 cm³/mol. The number of anilines is 1. The molecule has 3 heterocycles. The van der Waals surface area contributed by atoms with Gasteiger partial charge < -0.3 is 10.2 Å². The Kier molecular flexibility index (Phi) is 9.01. The van der Waals surface area contributed by atoms with Crippen molar-refractivity contribution in [2.45, 2.75) is 26.1 Å². The van der Waals surface area contributed by atoms with E-state index in [1.54, 1.807) is 28.0 Å². The lowest BCUT2D eigenvalue weighted by atomic mass is 10.1. The number of carbonyl (C=O) groups is 1. The van der Waals surface area contributed by atoms with Gasteiger partial charge in [0.25, 0.3) is 5.91 Å². The van der Waals surface area contributed by atoms with E-state index in [2.05, 4.69) is 27.0 Å². The number of rotatable bonds is 8. The lowest BCUT2D eigenvalue weighted by molar-refractivity contribution is -0.184. The predicted octanol–water partition coefficient (Wildman–Crippen LogP) is 4.92. The molecule has 0 aromatic carbocycles. The monoisotopic (exact) mass is 530 g/mol. The number of piperazine rings is 1. The van der Waals surface area contributed by atoms with Crippen molar-refractivity contribution >= 4 is 59.2 Å². The molecule has 1 amide bonds. The summed E-state index contributed by atoms with van der Waals surface area (Å²) in [4.78, 5) is 27.3. The van der Waals surface area contributed by atoms with E-state index in [-0.39, 0.29) is 18.7 Å². The molecular formula is C21H25F3N6OS3. The smallest absolute Gasteiger partial charge is 0.361 e. The standard InChI is InChI=1S/C21H25F3N6OS3/c1-13-19(34-14(2)28-13)16(25-3)11-33-12-27-18-6-5-15(9-26-18)20(31)30-8-7-29(32-4)10-17(30)21(22,23)24/h5-6,9,11,17H,3,7-8,10,12H2,1-2,4H3,(H,26,27)/b16-11-. The van der Waals surface area contributed by atoms with E-state index in [9.17, 15) is 18.0 Å². The quantitative estimate of drug-likeness (QED) is 0.225. The van der Waals surface area contributed by atoms with Gasteiger partial charge in [0.05, 0.1) is 32.7 Å². The number of halogens is 3. The fraction of sp³-hybridized carbons (Fsp3) is 0.429.